The molecule has 8 nitrogen and oxygen atoms in total. The second kappa shape index (κ2) is 10.9. The van der Waals surface area contributed by atoms with Crippen molar-refractivity contribution in [2.24, 2.45) is 0 Å². The van der Waals surface area contributed by atoms with E-state index in [1.165, 1.54) is 6.20 Å². The van der Waals surface area contributed by atoms with Gasteiger partial charge in [-0.2, -0.15) is 0 Å². The van der Waals surface area contributed by atoms with Crippen molar-refractivity contribution in [3.8, 4) is 0 Å². The van der Waals surface area contributed by atoms with E-state index in [1.54, 1.807) is 42.6 Å². The minimum absolute atomic E-state index is 0.107. The van der Waals surface area contributed by atoms with Crippen molar-refractivity contribution in [2.75, 3.05) is 18.5 Å². The van der Waals surface area contributed by atoms with Crippen LogP contribution in [0.15, 0.2) is 48.8 Å². The highest BCUT2D eigenvalue weighted by molar-refractivity contribution is 6.30. The molecule has 0 radical (unpaired) electrons. The van der Waals surface area contributed by atoms with Crippen LogP contribution in [0, 0.1) is 0 Å². The molecular weight excluding hydrogens is 408 g/mol. The Bertz CT molecular complexity index is 835. The fourth-order valence-electron chi connectivity index (χ4n) is 3.31. The third-order valence-corrected chi connectivity index (χ3v) is 5.14. The third kappa shape index (κ3) is 6.41. The molecule has 3 atom stereocenters. The maximum Gasteiger partial charge on any atom is 0.319 e. The molecule has 1 fully saturated rings. The maximum absolute atomic E-state index is 12.3. The summed E-state index contributed by atoms with van der Waals surface area (Å²) in [5, 5.41) is 18.7. The van der Waals surface area contributed by atoms with Gasteiger partial charge in [-0.05, 0) is 55.7 Å². The number of rotatable bonds is 7. The number of amides is 3. The van der Waals surface area contributed by atoms with E-state index in [0.29, 0.717) is 35.7 Å². The summed E-state index contributed by atoms with van der Waals surface area (Å²) in [7, 11) is 0. The molecule has 1 aliphatic rings. The monoisotopic (exact) mass is 432 g/mol. The highest BCUT2D eigenvalue weighted by Crippen LogP contribution is 2.22. The minimum atomic E-state index is -0.493. The molecule has 4 N–H and O–H groups in total. The molecule has 0 spiro atoms. The number of aromatic nitrogens is 1. The number of carbonyl (C=O) groups is 2. The van der Waals surface area contributed by atoms with E-state index in [0.717, 1.165) is 6.42 Å². The molecule has 160 valence electrons. The van der Waals surface area contributed by atoms with E-state index < -0.39 is 6.10 Å². The van der Waals surface area contributed by atoms with E-state index in [2.05, 4.69) is 20.9 Å². The van der Waals surface area contributed by atoms with E-state index in [4.69, 9.17) is 16.3 Å². The van der Waals surface area contributed by atoms with Gasteiger partial charge in [0.2, 0.25) is 0 Å². The Morgan fingerprint density at radius 1 is 1.20 bits per heavy atom. The predicted octanol–water partition coefficient (Wildman–Crippen LogP) is 2.59. The van der Waals surface area contributed by atoms with Crippen molar-refractivity contribution >= 4 is 29.2 Å². The molecular formula is C21H25ClN4O4. The molecule has 9 heteroatoms. The van der Waals surface area contributed by atoms with Crippen LogP contribution in [0.5, 0.6) is 0 Å². The SMILES string of the molecule is O=C(NCC[C@H]1CC[C@H](NC(=O)c2cccnc2)[C@H](CO)O1)Nc1ccc(Cl)cc1. The molecule has 2 heterocycles. The molecule has 3 amide bonds. The Morgan fingerprint density at radius 2 is 2.00 bits per heavy atom. The number of ether oxygens (including phenoxy) is 1. The Morgan fingerprint density at radius 3 is 2.70 bits per heavy atom. The summed E-state index contributed by atoms with van der Waals surface area (Å²) in [5.74, 6) is -0.242. The minimum Gasteiger partial charge on any atom is -0.394 e. The molecule has 1 aromatic carbocycles. The van der Waals surface area contributed by atoms with Crippen LogP contribution in [0.3, 0.4) is 0 Å². The lowest BCUT2D eigenvalue weighted by Gasteiger charge is -2.36. The molecule has 0 bridgehead atoms. The van der Waals surface area contributed by atoms with Crippen molar-refractivity contribution < 1.29 is 19.4 Å². The molecule has 2 aromatic rings. The first-order chi connectivity index (χ1) is 14.5. The van der Waals surface area contributed by atoms with Gasteiger partial charge in [-0.15, -0.1) is 0 Å². The van der Waals surface area contributed by atoms with E-state index in [-0.39, 0.29) is 30.7 Å². The number of hydrogen-bond donors (Lipinski definition) is 4. The van der Waals surface area contributed by atoms with Crippen molar-refractivity contribution in [3.05, 3.63) is 59.4 Å². The molecule has 1 aliphatic heterocycles. The average molecular weight is 433 g/mol. The smallest absolute Gasteiger partial charge is 0.319 e. The zero-order valence-electron chi connectivity index (χ0n) is 16.4. The predicted molar refractivity (Wildman–Crippen MR) is 114 cm³/mol. The van der Waals surface area contributed by atoms with Gasteiger partial charge < -0.3 is 25.8 Å². The molecule has 0 aliphatic carbocycles. The number of pyridine rings is 1. The van der Waals surface area contributed by atoms with Gasteiger partial charge in [-0.3, -0.25) is 9.78 Å². The van der Waals surface area contributed by atoms with Gasteiger partial charge in [0.1, 0.15) is 6.10 Å². The van der Waals surface area contributed by atoms with Gasteiger partial charge in [-0.25, -0.2) is 4.79 Å². The maximum atomic E-state index is 12.3. The van der Waals surface area contributed by atoms with Crippen molar-refractivity contribution in [1.82, 2.24) is 15.6 Å². The summed E-state index contributed by atoms with van der Waals surface area (Å²) in [6, 6.07) is 9.63. The average Bonchev–Trinajstić information content (AvgIpc) is 2.77. The number of aliphatic hydroxyl groups is 1. The van der Waals surface area contributed by atoms with Crippen LogP contribution in [0.25, 0.3) is 0 Å². The summed E-state index contributed by atoms with van der Waals surface area (Å²) < 4.78 is 5.93. The van der Waals surface area contributed by atoms with E-state index in [1.807, 2.05) is 0 Å². The van der Waals surface area contributed by atoms with Gasteiger partial charge in [-0.1, -0.05) is 11.6 Å². The molecule has 1 aromatic heterocycles. The van der Waals surface area contributed by atoms with E-state index in [9.17, 15) is 14.7 Å². The van der Waals surface area contributed by atoms with Crippen molar-refractivity contribution in [1.29, 1.82) is 0 Å². The number of aliphatic hydroxyl groups excluding tert-OH is 1. The molecule has 3 rings (SSSR count). The summed E-state index contributed by atoms with van der Waals surface area (Å²) in [5.41, 5.74) is 1.12. The van der Waals surface area contributed by atoms with Gasteiger partial charge >= 0.3 is 6.03 Å². The fourth-order valence-corrected chi connectivity index (χ4v) is 3.44. The molecule has 0 unspecified atom stereocenters. The van der Waals surface area contributed by atoms with Crippen LogP contribution in [0.4, 0.5) is 10.5 Å². The Balaban J connectivity index is 1.40. The van der Waals surface area contributed by atoms with Crippen LogP contribution in [0.2, 0.25) is 5.02 Å². The van der Waals surface area contributed by atoms with E-state index >= 15 is 0 Å². The first-order valence-corrected chi connectivity index (χ1v) is 10.2. The van der Waals surface area contributed by atoms with Crippen LogP contribution in [0.1, 0.15) is 29.6 Å². The number of hydrogen-bond acceptors (Lipinski definition) is 5. The van der Waals surface area contributed by atoms with Crippen LogP contribution in [-0.4, -0.2) is 53.4 Å². The number of anilines is 1. The highest BCUT2D eigenvalue weighted by Gasteiger charge is 2.32. The summed E-state index contributed by atoms with van der Waals surface area (Å²) >= 11 is 5.82. The lowest BCUT2D eigenvalue weighted by Crippen LogP contribution is -2.51. The number of urea groups is 1. The molecule has 0 saturated carbocycles. The fraction of sp³-hybridized carbons (Fsp3) is 0.381. The lowest BCUT2D eigenvalue weighted by molar-refractivity contribution is -0.0892. The Kier molecular flexibility index (Phi) is 8.01. The quantitative estimate of drug-likeness (QED) is 0.537. The second-order valence-corrected chi connectivity index (χ2v) is 7.49. The summed E-state index contributed by atoms with van der Waals surface area (Å²) in [6.07, 6.45) is 4.50. The molecule has 1 saturated heterocycles. The Labute approximate surface area is 180 Å². The van der Waals surface area contributed by atoms with Crippen LogP contribution < -0.4 is 16.0 Å². The second-order valence-electron chi connectivity index (χ2n) is 7.05. The number of benzene rings is 1. The highest BCUT2D eigenvalue weighted by atomic mass is 35.5. The first-order valence-electron chi connectivity index (χ1n) is 9.83. The summed E-state index contributed by atoms with van der Waals surface area (Å²) in [6.45, 7) is 0.230. The van der Waals surface area contributed by atoms with Crippen molar-refractivity contribution in [2.45, 2.75) is 37.5 Å². The normalized spacial score (nSPS) is 20.9. The first kappa shape index (κ1) is 22.0. The standard InChI is InChI=1S/C21H25ClN4O4/c22-15-3-5-16(6-4-15)25-21(29)24-11-9-17-7-8-18(19(13-27)30-17)26-20(28)14-2-1-10-23-12-14/h1-6,10,12,17-19,27H,7-9,11,13H2,(H,26,28)(H2,24,25,29)/t17-,18+,19+/m1/s1. The van der Waals surface area contributed by atoms with Gasteiger partial charge in [0, 0.05) is 29.6 Å². The zero-order chi connectivity index (χ0) is 21.3. The van der Waals surface area contributed by atoms with Gasteiger partial charge in [0.15, 0.2) is 0 Å². The molecule has 30 heavy (non-hydrogen) atoms. The number of nitrogens with zero attached hydrogens (tertiary/aromatic N) is 1. The largest absolute Gasteiger partial charge is 0.394 e. The number of carbonyl (C=O) groups excluding carboxylic acids is 2. The number of nitrogens with one attached hydrogen (secondary N) is 3. The van der Waals surface area contributed by atoms with Crippen molar-refractivity contribution in [3.63, 3.8) is 0 Å². The van der Waals surface area contributed by atoms with Gasteiger partial charge in [0.05, 0.1) is 24.3 Å². The summed E-state index contributed by atoms with van der Waals surface area (Å²) in [4.78, 5) is 28.2. The van der Waals surface area contributed by atoms with Crippen LogP contribution in [-0.2, 0) is 4.74 Å². The zero-order valence-corrected chi connectivity index (χ0v) is 17.1. The third-order valence-electron chi connectivity index (χ3n) is 4.89. The van der Waals surface area contributed by atoms with Gasteiger partial charge in [0.25, 0.3) is 5.91 Å². The lowest BCUT2D eigenvalue weighted by atomic mass is 9.97. The Hall–Kier alpha value is -2.68. The number of halogens is 1. The van der Waals surface area contributed by atoms with Crippen LogP contribution >= 0.6 is 11.6 Å². The topological polar surface area (TPSA) is 113 Å².